The smallest absolute Gasteiger partial charge is 0.123 e. The number of benzene rings is 1. The average molecular weight is 231 g/mol. The van der Waals surface area contributed by atoms with E-state index in [1.165, 1.54) is 0 Å². The third kappa shape index (κ3) is 4.10. The van der Waals surface area contributed by atoms with Gasteiger partial charge in [0, 0.05) is 17.7 Å². The van der Waals surface area contributed by atoms with Gasteiger partial charge in [0.05, 0.1) is 13.7 Å². The van der Waals surface area contributed by atoms with E-state index in [0.29, 0.717) is 11.6 Å². The van der Waals surface area contributed by atoms with Crippen molar-refractivity contribution in [3.8, 4) is 5.75 Å². The molecule has 2 nitrogen and oxygen atoms in total. The van der Waals surface area contributed by atoms with Gasteiger partial charge in [0.1, 0.15) is 5.75 Å². The standard InChI is InChI=1S/C10H13ClO2.C2H6/c1-7-9(11)4-8(6-12-2)5-10(7)13-3;1-2/h4-5H,6H2,1-3H3;1-2H3. The van der Waals surface area contributed by atoms with Gasteiger partial charge >= 0.3 is 0 Å². The molecule has 0 radical (unpaired) electrons. The van der Waals surface area contributed by atoms with Crippen LogP contribution in [0.15, 0.2) is 12.1 Å². The predicted octanol–water partition coefficient (Wildman–Crippen LogP) is 3.83. The van der Waals surface area contributed by atoms with Crippen molar-refractivity contribution in [2.45, 2.75) is 27.4 Å². The van der Waals surface area contributed by atoms with Gasteiger partial charge < -0.3 is 9.47 Å². The molecule has 0 fully saturated rings. The van der Waals surface area contributed by atoms with Gasteiger partial charge in [-0.25, -0.2) is 0 Å². The Balaban J connectivity index is 0.000000921. The SMILES string of the molecule is CC.COCc1cc(Cl)c(C)c(OC)c1. The van der Waals surface area contributed by atoms with Gasteiger partial charge in [-0.15, -0.1) is 0 Å². The molecule has 0 aliphatic carbocycles. The fraction of sp³-hybridized carbons (Fsp3) is 0.500. The highest BCUT2D eigenvalue weighted by molar-refractivity contribution is 6.31. The lowest BCUT2D eigenvalue weighted by molar-refractivity contribution is 0.184. The fourth-order valence-corrected chi connectivity index (χ4v) is 1.40. The minimum absolute atomic E-state index is 0.552. The molecular formula is C12H19ClO2. The van der Waals surface area contributed by atoms with Crippen LogP contribution in [-0.4, -0.2) is 14.2 Å². The highest BCUT2D eigenvalue weighted by Crippen LogP contribution is 2.27. The van der Waals surface area contributed by atoms with Gasteiger partial charge in [-0.05, 0) is 24.6 Å². The molecule has 1 aromatic rings. The van der Waals surface area contributed by atoms with Gasteiger partial charge in [0.25, 0.3) is 0 Å². The molecule has 0 bridgehead atoms. The van der Waals surface area contributed by atoms with Gasteiger partial charge in [0.15, 0.2) is 0 Å². The van der Waals surface area contributed by atoms with Crippen molar-refractivity contribution in [1.29, 1.82) is 0 Å². The molecule has 15 heavy (non-hydrogen) atoms. The zero-order valence-electron chi connectivity index (χ0n) is 10.1. The van der Waals surface area contributed by atoms with Crippen LogP contribution in [0, 0.1) is 6.92 Å². The van der Waals surface area contributed by atoms with Crippen molar-refractivity contribution >= 4 is 11.6 Å². The molecule has 0 unspecified atom stereocenters. The zero-order valence-corrected chi connectivity index (χ0v) is 10.8. The van der Waals surface area contributed by atoms with E-state index >= 15 is 0 Å². The van der Waals surface area contributed by atoms with Crippen LogP contribution in [0.1, 0.15) is 25.0 Å². The molecule has 0 aliphatic rings. The zero-order chi connectivity index (χ0) is 11.8. The Morgan fingerprint density at radius 1 is 1.20 bits per heavy atom. The Morgan fingerprint density at radius 2 is 1.80 bits per heavy atom. The summed E-state index contributed by atoms with van der Waals surface area (Å²) >= 11 is 6.00. The molecule has 0 spiro atoms. The van der Waals surface area contributed by atoms with Crippen molar-refractivity contribution in [1.82, 2.24) is 0 Å². The van der Waals surface area contributed by atoms with Gasteiger partial charge in [-0.1, -0.05) is 25.4 Å². The minimum atomic E-state index is 0.552. The molecule has 0 aliphatic heterocycles. The maximum Gasteiger partial charge on any atom is 0.123 e. The summed E-state index contributed by atoms with van der Waals surface area (Å²) in [4.78, 5) is 0. The van der Waals surface area contributed by atoms with Crippen LogP contribution >= 0.6 is 11.6 Å². The summed E-state index contributed by atoms with van der Waals surface area (Å²) in [5, 5.41) is 0.714. The van der Waals surface area contributed by atoms with E-state index in [1.807, 2.05) is 32.9 Å². The first kappa shape index (κ1) is 14.3. The Labute approximate surface area is 97.2 Å². The van der Waals surface area contributed by atoms with E-state index in [2.05, 4.69) is 0 Å². The van der Waals surface area contributed by atoms with Crippen LogP contribution < -0.4 is 4.74 Å². The van der Waals surface area contributed by atoms with E-state index in [4.69, 9.17) is 21.1 Å². The van der Waals surface area contributed by atoms with Crippen molar-refractivity contribution in [2.75, 3.05) is 14.2 Å². The van der Waals surface area contributed by atoms with E-state index < -0.39 is 0 Å². The van der Waals surface area contributed by atoms with Crippen molar-refractivity contribution in [2.24, 2.45) is 0 Å². The summed E-state index contributed by atoms with van der Waals surface area (Å²) in [5.74, 6) is 0.805. The Kier molecular flexibility index (Phi) is 7.18. The molecule has 86 valence electrons. The van der Waals surface area contributed by atoms with E-state index in [1.54, 1.807) is 14.2 Å². The molecule has 1 aromatic carbocycles. The van der Waals surface area contributed by atoms with E-state index in [-0.39, 0.29) is 0 Å². The van der Waals surface area contributed by atoms with Crippen LogP contribution in [0.2, 0.25) is 5.02 Å². The topological polar surface area (TPSA) is 18.5 Å². The Morgan fingerprint density at radius 3 is 2.27 bits per heavy atom. The molecule has 3 heteroatoms. The second-order valence-electron chi connectivity index (χ2n) is 2.84. The highest BCUT2D eigenvalue weighted by atomic mass is 35.5. The van der Waals surface area contributed by atoms with Crippen molar-refractivity contribution in [3.63, 3.8) is 0 Å². The average Bonchev–Trinajstić information content (AvgIpc) is 2.26. The molecule has 0 saturated carbocycles. The lowest BCUT2D eigenvalue weighted by Gasteiger charge is -2.09. The largest absolute Gasteiger partial charge is 0.496 e. The van der Waals surface area contributed by atoms with Crippen LogP contribution in [0.25, 0.3) is 0 Å². The summed E-state index contributed by atoms with van der Waals surface area (Å²) < 4.78 is 10.2. The first-order valence-corrected chi connectivity index (χ1v) is 5.38. The van der Waals surface area contributed by atoms with Crippen molar-refractivity contribution in [3.05, 3.63) is 28.3 Å². The summed E-state index contributed by atoms with van der Waals surface area (Å²) in [6.45, 7) is 6.48. The van der Waals surface area contributed by atoms with Gasteiger partial charge in [0.2, 0.25) is 0 Å². The number of rotatable bonds is 3. The molecular weight excluding hydrogens is 212 g/mol. The minimum Gasteiger partial charge on any atom is -0.496 e. The monoisotopic (exact) mass is 230 g/mol. The molecule has 0 atom stereocenters. The number of ether oxygens (including phenoxy) is 2. The molecule has 0 heterocycles. The Hall–Kier alpha value is -0.730. The highest BCUT2D eigenvalue weighted by Gasteiger charge is 2.05. The van der Waals surface area contributed by atoms with Gasteiger partial charge in [-0.3, -0.25) is 0 Å². The van der Waals surface area contributed by atoms with Crippen LogP contribution in [0.5, 0.6) is 5.75 Å². The van der Waals surface area contributed by atoms with Crippen LogP contribution in [0.3, 0.4) is 0 Å². The summed E-state index contributed by atoms with van der Waals surface area (Å²) in [5.41, 5.74) is 1.99. The maximum atomic E-state index is 6.00. The molecule has 0 amide bonds. The van der Waals surface area contributed by atoms with Gasteiger partial charge in [-0.2, -0.15) is 0 Å². The summed E-state index contributed by atoms with van der Waals surface area (Å²) in [7, 11) is 3.29. The second kappa shape index (κ2) is 7.55. The lowest BCUT2D eigenvalue weighted by Crippen LogP contribution is -1.93. The Bertz CT molecular complexity index is 298. The van der Waals surface area contributed by atoms with Crippen molar-refractivity contribution < 1.29 is 9.47 Å². The number of methoxy groups -OCH3 is 2. The predicted molar refractivity (Wildman–Crippen MR) is 64.8 cm³/mol. The van der Waals surface area contributed by atoms with E-state index in [0.717, 1.165) is 16.9 Å². The molecule has 0 N–H and O–H groups in total. The first-order chi connectivity index (χ1) is 7.19. The molecule has 1 rings (SSSR count). The first-order valence-electron chi connectivity index (χ1n) is 5.01. The lowest BCUT2D eigenvalue weighted by atomic mass is 10.1. The third-order valence-corrected chi connectivity index (χ3v) is 2.28. The summed E-state index contributed by atoms with van der Waals surface area (Å²) in [6, 6.07) is 3.83. The quantitative estimate of drug-likeness (QED) is 0.786. The number of hydrogen-bond donors (Lipinski definition) is 0. The fourth-order valence-electron chi connectivity index (χ4n) is 1.17. The van der Waals surface area contributed by atoms with E-state index in [9.17, 15) is 0 Å². The number of hydrogen-bond acceptors (Lipinski definition) is 2. The van der Waals surface area contributed by atoms with Crippen LogP contribution in [0.4, 0.5) is 0 Å². The van der Waals surface area contributed by atoms with Crippen LogP contribution in [-0.2, 0) is 11.3 Å². The normalized spacial score (nSPS) is 9.20. The number of halogens is 1. The molecule has 0 aromatic heterocycles. The third-order valence-electron chi connectivity index (χ3n) is 1.89. The molecule has 0 saturated heterocycles. The summed E-state index contributed by atoms with van der Waals surface area (Å²) in [6.07, 6.45) is 0. The second-order valence-corrected chi connectivity index (χ2v) is 3.25. The maximum absolute atomic E-state index is 6.00.